The molecule has 2 fully saturated rings. The highest BCUT2D eigenvalue weighted by Crippen LogP contribution is 2.67. The van der Waals surface area contributed by atoms with Crippen molar-refractivity contribution in [1.82, 2.24) is 40.8 Å². The van der Waals surface area contributed by atoms with E-state index in [9.17, 15) is 140 Å². The second-order valence-corrected chi connectivity index (χ2v) is 40.8. The molecule has 1 aliphatic carbocycles. The van der Waals surface area contributed by atoms with E-state index in [0.29, 0.717) is 36.5 Å². The first-order valence-corrected chi connectivity index (χ1v) is 50.5. The predicted octanol–water partition coefficient (Wildman–Crippen LogP) is 1.22. The largest absolute Gasteiger partial charge is 0.490 e. The lowest BCUT2D eigenvalue weighted by Crippen LogP contribution is -2.46. The molecule has 126 heavy (non-hydrogen) atoms. The van der Waals surface area contributed by atoms with E-state index in [1.54, 1.807) is 6.08 Å². The molecule has 0 aromatic carbocycles. The van der Waals surface area contributed by atoms with Gasteiger partial charge in [0.05, 0.1) is 85.3 Å². The Morgan fingerprint density at radius 1 is 0.603 bits per heavy atom. The molecule has 5 rings (SSSR count). The molecule has 0 radical (unpaired) electrons. The summed E-state index contributed by atoms with van der Waals surface area (Å²) < 4.78 is 110. The second-order valence-electron chi connectivity index (χ2n) is 26.7. The number of aromatic amines is 1. The second kappa shape index (κ2) is 52.6. The van der Waals surface area contributed by atoms with E-state index >= 15 is 0 Å². The van der Waals surface area contributed by atoms with Gasteiger partial charge < -0.3 is 117 Å². The Morgan fingerprint density at radius 3 is 1.52 bits per heavy atom. The van der Waals surface area contributed by atoms with Gasteiger partial charge in [-0.2, -0.15) is 22.2 Å². The molecule has 2 saturated heterocycles. The molecule has 52 nitrogen and oxygen atoms in total. The number of H-pyrrole nitrogens is 1. The number of carbonyl (C=O) groups is 11. The van der Waals surface area contributed by atoms with Gasteiger partial charge in [0.15, 0.2) is 18.2 Å². The van der Waals surface area contributed by atoms with Crippen molar-refractivity contribution in [2.45, 2.75) is 192 Å². The molecule has 17 unspecified atom stereocenters. The number of anilines is 2. The molecule has 0 bridgehead atoms. The van der Waals surface area contributed by atoms with Crippen molar-refractivity contribution in [3.8, 4) is 23.7 Å². The highest BCUT2D eigenvalue weighted by atomic mass is 33.1. The number of hydrogen-bond donors (Lipinski definition) is 21. The van der Waals surface area contributed by atoms with Crippen molar-refractivity contribution in [3.05, 3.63) is 49.9 Å². The number of phosphoric acid groups is 6. The minimum atomic E-state index is -5.81. The topological polar surface area (TPSA) is 837 Å². The first-order chi connectivity index (χ1) is 58.0. The summed E-state index contributed by atoms with van der Waals surface area (Å²) in [5, 5.41) is 67.6. The molecule has 17 atom stereocenters. The summed E-state index contributed by atoms with van der Waals surface area (Å²) >= 11 is 0. The van der Waals surface area contributed by atoms with Gasteiger partial charge >= 0.3 is 82.5 Å². The van der Waals surface area contributed by atoms with Gasteiger partial charge in [0.25, 0.3) is 5.56 Å². The van der Waals surface area contributed by atoms with Crippen molar-refractivity contribution in [3.63, 3.8) is 0 Å². The van der Waals surface area contributed by atoms with Crippen molar-refractivity contribution < 1.29 is 190 Å². The third-order valence-electron chi connectivity index (χ3n) is 16.8. The highest BCUT2D eigenvalue weighted by Gasteiger charge is 2.47. The molecule has 0 spiro atoms. The number of aliphatic hydroxyl groups is 2. The number of carbonyl (C=O) groups excluding carboxylic acids is 7. The fourth-order valence-electron chi connectivity index (χ4n) is 11.5. The predicted molar refractivity (Wildman–Crippen MR) is 442 cm³/mol. The third kappa shape index (κ3) is 41.7. The van der Waals surface area contributed by atoms with Gasteiger partial charge in [-0.25, -0.2) is 46.8 Å². The van der Waals surface area contributed by atoms with Crippen LogP contribution in [-0.4, -0.2) is 252 Å². The fourth-order valence-corrected chi connectivity index (χ4v) is 21.5. The number of phosphoric ester groups is 2. The maximum absolute atomic E-state index is 13.1. The van der Waals surface area contributed by atoms with Gasteiger partial charge in [-0.3, -0.25) is 66.5 Å². The number of nitrogen functional groups attached to an aromatic ring is 2. The lowest BCUT2D eigenvalue weighted by Gasteiger charge is -2.21. The van der Waals surface area contributed by atoms with Crippen LogP contribution in [0.25, 0.3) is 5.57 Å². The average molecular weight is 1990 g/mol. The number of Topliss-reactive ketones (excluding diaryl/α,β-unsaturated/α-hetero) is 2. The van der Waals surface area contributed by atoms with Crippen LogP contribution in [0.4, 0.5) is 11.8 Å². The Hall–Kier alpha value is -7.15. The van der Waals surface area contributed by atoms with Gasteiger partial charge in [-0.05, 0) is 50.9 Å². The van der Waals surface area contributed by atoms with Crippen LogP contribution >= 0.6 is 90.1 Å². The summed E-state index contributed by atoms with van der Waals surface area (Å²) in [7, 11) is -28.4. The van der Waals surface area contributed by atoms with E-state index in [0.717, 1.165) is 4.57 Å². The number of esters is 1. The van der Waals surface area contributed by atoms with Crippen LogP contribution in [0.5, 0.6) is 0 Å². The van der Waals surface area contributed by atoms with Crippen LogP contribution in [-0.2, 0) is 121 Å². The Morgan fingerprint density at radius 2 is 1.06 bits per heavy atom. The average Bonchev–Trinajstić information content (AvgIpc) is 1.64. The van der Waals surface area contributed by atoms with Crippen LogP contribution < -0.4 is 44.0 Å². The molecule has 3 aliphatic rings. The molecule has 0 saturated carbocycles. The molecule has 4 amide bonds. The molecule has 2 aromatic heterocycles. The van der Waals surface area contributed by atoms with E-state index in [1.165, 1.54) is 76.9 Å². The molecule has 708 valence electrons. The van der Waals surface area contributed by atoms with Gasteiger partial charge in [0.2, 0.25) is 29.6 Å². The summed E-state index contributed by atoms with van der Waals surface area (Å²) in [6, 6.07) is -3.43. The molecular formula is C64H96N10O42P6S4. The first kappa shape index (κ1) is 113. The summed E-state index contributed by atoms with van der Waals surface area (Å²) in [6.45, 7) is 3.06. The van der Waals surface area contributed by atoms with Gasteiger partial charge in [-0.1, -0.05) is 88.3 Å². The number of carboxylic acids is 4. The number of aliphatic hydroxyl groups excluding tert-OH is 2. The van der Waals surface area contributed by atoms with Crippen molar-refractivity contribution in [2.75, 3.05) is 54.3 Å². The van der Waals surface area contributed by atoms with Crippen LogP contribution in [0.2, 0.25) is 0 Å². The smallest absolute Gasteiger partial charge is 0.481 e. The fraction of sp³-hybridized carbons (Fsp3) is 0.609. The zero-order valence-corrected chi connectivity index (χ0v) is 74.6. The number of rotatable bonds is 52. The number of nitrogens with two attached hydrogens (primary N) is 2. The van der Waals surface area contributed by atoms with Crippen molar-refractivity contribution in [2.24, 2.45) is 11.8 Å². The molecule has 2 aromatic rings. The standard InChI is InChI=1S/C32H48N5O22P3S2.C31H44N5O20P3S2.CH4/c1-3-21(31(45)46)35-30(44)19(14-28(41)42)13-23(39)22(34-18(2)38)8-5-11-63-64-12-6-9-29(43)55-10-4-7-20-15-26(33)36-32(47)37(20)27-16-24(40)25(57-27)17-56-61(51,52)59-62(53,54)58-60(48,49)50;1-3-19(30(44)45)34-28(42)17(12-25(40)41)11-21(38)20(33-15(2)37)7-5-9-61-60-8-4-6-16-10-18(27-26(16)29(43)36-31(32)35-27)23-13-22(39)24(54-23)14-53-58(49,50)56-59(51,52)55-57(46,47)48;/h15,19,21-22,24-25,27,40H,3,5-6,8-14,16-17H2,1-2H3,(H,34,38)(H,35,44)(H,41,42)(H,45,46)(H,51,52)(H,53,54)(H2,33,36,47)(H2,48,49,50);10,17-20,22-24,39H,3,5,7-9,11-14H2,1-2H3,(H,33,37)(H,34,42)(H,40,41)(H,44,45)(H,49,50)(H,51,52)(H2,46,47,48)(H3,32,35,36,43);1H4. The van der Waals surface area contributed by atoms with E-state index < -0.39 is 247 Å². The monoisotopic (exact) mass is 1990 g/mol. The Labute approximate surface area is 731 Å². The molecule has 4 heterocycles. The number of amides is 4. The summed E-state index contributed by atoms with van der Waals surface area (Å²) in [5.41, 5.74) is 10.2. The summed E-state index contributed by atoms with van der Waals surface area (Å²) in [4.78, 5) is 242. The normalized spacial score (nSPS) is 20.5. The van der Waals surface area contributed by atoms with Crippen LogP contribution in [0.3, 0.4) is 0 Å². The van der Waals surface area contributed by atoms with Crippen LogP contribution in [0.15, 0.2) is 21.7 Å². The number of nitrogens with zero attached hydrogens (tertiary/aromatic N) is 3. The first-order valence-electron chi connectivity index (χ1n) is 36.5. The number of hydrogen-bond acceptors (Lipinski definition) is 38. The number of carboxylic acid groups (broad SMARTS) is 4. The van der Waals surface area contributed by atoms with Crippen molar-refractivity contribution >= 4 is 172 Å². The van der Waals surface area contributed by atoms with E-state index in [-0.39, 0.29) is 92.4 Å². The minimum absolute atomic E-state index is 0. The Kier molecular flexibility index (Phi) is 47.2. The third-order valence-corrected chi connectivity index (χ3v) is 29.2. The summed E-state index contributed by atoms with van der Waals surface area (Å²) in [5.74, 6) is -1.42. The molecular weight excluding hydrogens is 1890 g/mol. The quantitative estimate of drug-likeness (QED) is 0.0146. The van der Waals surface area contributed by atoms with Gasteiger partial charge in [0.1, 0.15) is 42.0 Å². The maximum Gasteiger partial charge on any atom is 0.490 e. The lowest BCUT2D eigenvalue weighted by atomic mass is 9.92. The van der Waals surface area contributed by atoms with E-state index in [1.807, 2.05) is 0 Å². The number of aromatic nitrogens is 4. The van der Waals surface area contributed by atoms with Crippen molar-refractivity contribution in [1.29, 1.82) is 0 Å². The Balaban J connectivity index is 0.000000646. The zero-order chi connectivity index (χ0) is 94.3. The SMILES string of the molecule is C.CCC(NC(=O)C(CC(=O)O)CC(=O)C(CCCSSCC#CC1=CC(C2CC(O)C(COP(=O)(O)OP(=O)(O)OP(=O)(O)O)O2)c2nc(N)[nH]c(=O)c21)NC(C)=O)C(=O)O.CCC(NC(=O)C(CC(=O)O)CC(=O)C(CCCSSCCCC(=O)OCC#Cc1cc(N)nc(=O)n1C1CC(O)C(COP(=O)(O)OP(=O)(O)OP(=O)(O)O)O1)NC(C)=O)C(=O)O. The van der Waals surface area contributed by atoms with E-state index in [2.05, 4.69) is 86.2 Å². The van der Waals surface area contributed by atoms with Crippen LogP contribution in [0.1, 0.15) is 154 Å². The number of ketones is 2. The lowest BCUT2D eigenvalue weighted by molar-refractivity contribution is -0.145. The van der Waals surface area contributed by atoms with Gasteiger partial charge in [-0.15, -0.1) is 0 Å². The van der Waals surface area contributed by atoms with Gasteiger partial charge in [0, 0.05) is 80.8 Å². The molecule has 2 aliphatic heterocycles. The van der Waals surface area contributed by atoms with E-state index in [4.69, 9.17) is 45.3 Å². The number of allylic oxidation sites excluding steroid dienone is 1. The number of aliphatic carboxylic acids is 4. The van der Waals surface area contributed by atoms with Crippen LogP contribution in [0, 0.1) is 35.5 Å². The Bertz CT molecular complexity index is 4820. The number of nitrogens with one attached hydrogen (secondary N) is 5. The number of fused-ring (bicyclic) bond motifs is 1. The summed E-state index contributed by atoms with van der Waals surface area (Å²) in [6.07, 6.45) is -7.78. The number of ether oxygens (including phenoxy) is 3. The zero-order valence-electron chi connectivity index (χ0n) is 66.0. The molecule has 62 heteroatoms. The maximum atomic E-state index is 13.1. The minimum Gasteiger partial charge on any atom is -0.481 e. The molecule has 23 N–H and O–H groups in total. The highest BCUT2D eigenvalue weighted by molar-refractivity contribution is 8.77.